The van der Waals surface area contributed by atoms with Gasteiger partial charge in [0.05, 0.1) is 3.92 Å². The number of halogens is 1. The summed E-state index contributed by atoms with van der Waals surface area (Å²) in [5.74, 6) is -0.258. The fourth-order valence-electron chi connectivity index (χ4n) is 1.29. The molecule has 0 heterocycles. The Morgan fingerprint density at radius 2 is 1.93 bits per heavy atom. The molecule has 0 aromatic heterocycles. The summed E-state index contributed by atoms with van der Waals surface area (Å²) in [6.07, 6.45) is 0.796. The maximum Gasteiger partial charge on any atom is 0.230 e. The lowest BCUT2D eigenvalue weighted by Crippen LogP contribution is -2.27. The van der Waals surface area contributed by atoms with Crippen molar-refractivity contribution in [2.24, 2.45) is 5.73 Å². The van der Waals surface area contributed by atoms with Crippen LogP contribution in [0.2, 0.25) is 0 Å². The largest absolute Gasteiger partial charge is 0.369 e. The fourth-order valence-corrected chi connectivity index (χ4v) is 1.71. The zero-order valence-corrected chi connectivity index (χ0v) is 10.5. The van der Waals surface area contributed by atoms with Gasteiger partial charge in [-0.2, -0.15) is 0 Å². The number of carbonyl (C=O) groups excluding carboxylic acids is 2. The molecule has 0 fully saturated rings. The van der Waals surface area contributed by atoms with E-state index in [1.54, 1.807) is 12.1 Å². The summed E-state index contributed by atoms with van der Waals surface area (Å²) < 4.78 is -0.232. The fraction of sp³-hybridized carbons (Fsp3) is 0.273. The lowest BCUT2D eigenvalue weighted by Gasteiger charge is -2.15. The van der Waals surface area contributed by atoms with Crippen molar-refractivity contribution >= 4 is 34.8 Å². The van der Waals surface area contributed by atoms with Gasteiger partial charge in [0.25, 0.3) is 0 Å². The Bertz CT molecular complexity index is 361. The molecule has 0 saturated carbocycles. The first kappa shape index (κ1) is 12.2. The van der Waals surface area contributed by atoms with Crippen LogP contribution in [0.4, 0.5) is 0 Å². The minimum atomic E-state index is -0.317. The first-order valence-corrected chi connectivity index (χ1v) is 5.79. The van der Waals surface area contributed by atoms with Gasteiger partial charge in [-0.25, -0.2) is 0 Å². The van der Waals surface area contributed by atoms with E-state index >= 15 is 0 Å². The first-order chi connectivity index (χ1) is 7.06. The predicted octanol–water partition coefficient (Wildman–Crippen LogP) is 1.89. The molecule has 0 spiro atoms. The SMILES string of the molecule is CC(c1ccc(C=O)cc1)C(I)C(N)=O. The van der Waals surface area contributed by atoms with Crippen molar-refractivity contribution in [3.63, 3.8) is 0 Å². The molecule has 0 radical (unpaired) electrons. The van der Waals surface area contributed by atoms with Crippen LogP contribution in [0.5, 0.6) is 0 Å². The molecule has 1 amide bonds. The number of hydrogen-bond donors (Lipinski definition) is 1. The highest BCUT2D eigenvalue weighted by Crippen LogP contribution is 2.24. The summed E-state index contributed by atoms with van der Waals surface area (Å²) in [4.78, 5) is 21.4. The summed E-state index contributed by atoms with van der Waals surface area (Å²) in [6, 6.07) is 7.18. The lowest BCUT2D eigenvalue weighted by atomic mass is 9.97. The van der Waals surface area contributed by atoms with Gasteiger partial charge in [-0.15, -0.1) is 0 Å². The molecule has 4 heteroatoms. The third-order valence-electron chi connectivity index (χ3n) is 2.31. The van der Waals surface area contributed by atoms with Crippen LogP contribution in [-0.2, 0) is 4.79 Å². The Morgan fingerprint density at radius 3 is 2.33 bits per heavy atom. The average molecular weight is 317 g/mol. The van der Waals surface area contributed by atoms with Crippen molar-refractivity contribution in [1.29, 1.82) is 0 Å². The summed E-state index contributed by atoms with van der Waals surface area (Å²) in [7, 11) is 0. The number of alkyl halides is 1. The van der Waals surface area contributed by atoms with E-state index in [-0.39, 0.29) is 15.7 Å². The molecule has 2 unspecified atom stereocenters. The van der Waals surface area contributed by atoms with Crippen LogP contribution in [0.25, 0.3) is 0 Å². The lowest BCUT2D eigenvalue weighted by molar-refractivity contribution is -0.117. The summed E-state index contributed by atoms with van der Waals surface area (Å²) in [6.45, 7) is 1.94. The van der Waals surface area contributed by atoms with Crippen LogP contribution in [0.15, 0.2) is 24.3 Å². The zero-order chi connectivity index (χ0) is 11.4. The molecular formula is C11H12INO2. The highest BCUT2D eigenvalue weighted by molar-refractivity contribution is 14.1. The molecule has 2 atom stereocenters. The minimum absolute atomic E-state index is 0.0591. The molecule has 80 valence electrons. The predicted molar refractivity (Wildman–Crippen MR) is 67.2 cm³/mol. The van der Waals surface area contributed by atoms with E-state index in [9.17, 15) is 9.59 Å². The number of primary amides is 1. The molecule has 1 aromatic carbocycles. The average Bonchev–Trinajstić information content (AvgIpc) is 2.27. The molecule has 1 aromatic rings. The second kappa shape index (κ2) is 5.25. The van der Waals surface area contributed by atoms with E-state index in [4.69, 9.17) is 5.73 Å². The minimum Gasteiger partial charge on any atom is -0.369 e. The number of amides is 1. The molecule has 0 aliphatic carbocycles. The van der Waals surface area contributed by atoms with Crippen molar-refractivity contribution in [2.45, 2.75) is 16.8 Å². The van der Waals surface area contributed by atoms with Gasteiger partial charge in [0.15, 0.2) is 0 Å². The molecule has 0 aliphatic rings. The van der Waals surface area contributed by atoms with Gasteiger partial charge in [0.2, 0.25) is 5.91 Å². The third-order valence-corrected chi connectivity index (χ3v) is 4.00. The van der Waals surface area contributed by atoms with Crippen molar-refractivity contribution in [2.75, 3.05) is 0 Å². The third kappa shape index (κ3) is 3.02. The Labute approximate surface area is 102 Å². The Kier molecular flexibility index (Phi) is 4.26. The van der Waals surface area contributed by atoms with E-state index < -0.39 is 0 Å². The maximum absolute atomic E-state index is 11.0. The highest BCUT2D eigenvalue weighted by Gasteiger charge is 2.20. The van der Waals surface area contributed by atoms with Crippen LogP contribution >= 0.6 is 22.6 Å². The number of benzene rings is 1. The first-order valence-electron chi connectivity index (χ1n) is 4.54. The number of aldehydes is 1. The summed E-state index contributed by atoms with van der Waals surface area (Å²) in [5, 5.41) is 0. The van der Waals surface area contributed by atoms with Gasteiger partial charge in [-0.05, 0) is 5.56 Å². The Balaban J connectivity index is 2.86. The number of nitrogens with two attached hydrogens (primary N) is 1. The zero-order valence-electron chi connectivity index (χ0n) is 8.31. The Hall–Kier alpha value is -0.910. The number of hydrogen-bond acceptors (Lipinski definition) is 2. The van der Waals surface area contributed by atoms with Crippen molar-refractivity contribution in [3.05, 3.63) is 35.4 Å². The van der Waals surface area contributed by atoms with E-state index in [0.29, 0.717) is 5.56 Å². The number of carbonyl (C=O) groups is 2. The quantitative estimate of drug-likeness (QED) is 0.524. The second-order valence-electron chi connectivity index (χ2n) is 3.38. The Morgan fingerprint density at radius 1 is 1.40 bits per heavy atom. The van der Waals surface area contributed by atoms with Crippen LogP contribution < -0.4 is 5.73 Å². The van der Waals surface area contributed by atoms with E-state index in [0.717, 1.165) is 11.8 Å². The molecule has 0 aliphatic heterocycles. The summed E-state index contributed by atoms with van der Waals surface area (Å²) in [5.41, 5.74) is 6.87. The maximum atomic E-state index is 11.0. The standard InChI is InChI=1S/C11H12INO2/c1-7(10(12)11(13)15)9-4-2-8(6-14)3-5-9/h2-7,10H,1H3,(H2,13,15). The van der Waals surface area contributed by atoms with Gasteiger partial charge in [0, 0.05) is 11.5 Å². The van der Waals surface area contributed by atoms with E-state index in [1.807, 2.05) is 41.6 Å². The molecule has 0 bridgehead atoms. The number of rotatable bonds is 4. The van der Waals surface area contributed by atoms with Gasteiger partial charge in [0.1, 0.15) is 6.29 Å². The van der Waals surface area contributed by atoms with Crippen LogP contribution in [0.1, 0.15) is 28.8 Å². The van der Waals surface area contributed by atoms with Gasteiger partial charge in [-0.1, -0.05) is 53.8 Å². The van der Waals surface area contributed by atoms with Gasteiger partial charge < -0.3 is 5.73 Å². The van der Waals surface area contributed by atoms with E-state index in [2.05, 4.69) is 0 Å². The molecule has 15 heavy (non-hydrogen) atoms. The van der Waals surface area contributed by atoms with Gasteiger partial charge >= 0.3 is 0 Å². The summed E-state index contributed by atoms with van der Waals surface area (Å²) >= 11 is 2.03. The van der Waals surface area contributed by atoms with Crippen molar-refractivity contribution < 1.29 is 9.59 Å². The normalized spacial score (nSPS) is 14.3. The molecule has 1 rings (SSSR count). The van der Waals surface area contributed by atoms with Crippen LogP contribution in [0, 0.1) is 0 Å². The monoisotopic (exact) mass is 317 g/mol. The smallest absolute Gasteiger partial charge is 0.230 e. The molecular weight excluding hydrogens is 305 g/mol. The van der Waals surface area contributed by atoms with Gasteiger partial charge in [-0.3, -0.25) is 9.59 Å². The second-order valence-corrected chi connectivity index (χ2v) is 4.72. The van der Waals surface area contributed by atoms with Crippen LogP contribution in [0.3, 0.4) is 0 Å². The molecule has 3 nitrogen and oxygen atoms in total. The van der Waals surface area contributed by atoms with Crippen LogP contribution in [-0.4, -0.2) is 16.1 Å². The van der Waals surface area contributed by atoms with E-state index in [1.165, 1.54) is 0 Å². The molecule has 0 saturated heterocycles. The molecule has 2 N–H and O–H groups in total. The van der Waals surface area contributed by atoms with Crippen molar-refractivity contribution in [1.82, 2.24) is 0 Å². The van der Waals surface area contributed by atoms with Crippen molar-refractivity contribution in [3.8, 4) is 0 Å². The topological polar surface area (TPSA) is 60.2 Å². The highest BCUT2D eigenvalue weighted by atomic mass is 127.